The number of aromatic amines is 2. The second-order valence-corrected chi connectivity index (χ2v) is 16.8. The van der Waals surface area contributed by atoms with Gasteiger partial charge in [-0.2, -0.15) is 10.2 Å². The number of aromatic nitrogens is 6. The molecule has 2 amide bonds. The minimum Gasteiger partial charge on any atom is -0.481 e. The van der Waals surface area contributed by atoms with Crippen LogP contribution in [0.25, 0.3) is 0 Å². The lowest BCUT2D eigenvalue weighted by atomic mass is 9.74. The zero-order valence-corrected chi connectivity index (χ0v) is 37.2. The SMILES string of the molecule is CCOC(=O)C1(Cc2cccc(Nc3ccn[nH]3)n2)CCN(C(=O)c2cccc(Cl)c2F)CC1.O=C(c1cccc(Cl)c1F)N1CCC(Cc2cccc(Nc3ccn[nH]3)n2)(C(=O)O)CC1. The summed E-state index contributed by atoms with van der Waals surface area (Å²) in [5, 5.41) is 29.4. The van der Waals surface area contributed by atoms with E-state index in [9.17, 15) is 33.1 Å². The third-order valence-corrected chi connectivity index (χ3v) is 12.3. The molecule has 2 fully saturated rings. The van der Waals surface area contributed by atoms with Crippen LogP contribution in [-0.4, -0.2) is 102 Å². The van der Waals surface area contributed by atoms with Crippen LogP contribution in [-0.2, 0) is 27.2 Å². The molecule has 6 aromatic rings. The highest BCUT2D eigenvalue weighted by atomic mass is 35.5. The van der Waals surface area contributed by atoms with E-state index in [-0.39, 0.29) is 79.2 Å². The zero-order valence-electron chi connectivity index (χ0n) is 35.7. The fourth-order valence-electron chi connectivity index (χ4n) is 8.07. The van der Waals surface area contributed by atoms with Crippen molar-refractivity contribution in [1.82, 2.24) is 40.2 Å². The summed E-state index contributed by atoms with van der Waals surface area (Å²) in [5.41, 5.74) is -0.742. The molecule has 4 aromatic heterocycles. The first-order valence-electron chi connectivity index (χ1n) is 21.1. The number of aliphatic carboxylic acids is 1. The first-order valence-corrected chi connectivity index (χ1v) is 21.9. The molecule has 5 N–H and O–H groups in total. The molecule has 2 saturated heterocycles. The van der Waals surface area contributed by atoms with Crippen LogP contribution in [0.15, 0.2) is 97.3 Å². The summed E-state index contributed by atoms with van der Waals surface area (Å²) in [7, 11) is 0. The number of carbonyl (C=O) groups is 4. The van der Waals surface area contributed by atoms with Crippen molar-refractivity contribution in [1.29, 1.82) is 0 Å². The number of anilines is 4. The van der Waals surface area contributed by atoms with Gasteiger partial charge in [-0.1, -0.05) is 47.5 Å². The second-order valence-electron chi connectivity index (χ2n) is 15.9. The first kappa shape index (κ1) is 47.1. The predicted octanol–water partition coefficient (Wildman–Crippen LogP) is 8.26. The van der Waals surface area contributed by atoms with Gasteiger partial charge in [0.15, 0.2) is 11.6 Å². The van der Waals surface area contributed by atoms with Gasteiger partial charge in [-0.05, 0) is 81.1 Å². The molecule has 8 rings (SSSR count). The Morgan fingerprint density at radius 2 is 1.09 bits per heavy atom. The summed E-state index contributed by atoms with van der Waals surface area (Å²) in [5.74, 6) is -1.14. The van der Waals surface area contributed by atoms with Crippen molar-refractivity contribution < 1.29 is 37.8 Å². The molecule has 66 heavy (non-hydrogen) atoms. The van der Waals surface area contributed by atoms with E-state index in [0.717, 1.165) is 5.69 Å². The van der Waals surface area contributed by atoms with Crippen molar-refractivity contribution in [3.8, 4) is 0 Å². The minimum atomic E-state index is -1.07. The summed E-state index contributed by atoms with van der Waals surface area (Å²) < 4.78 is 34.0. The number of carboxylic acid groups (broad SMARTS) is 1. The summed E-state index contributed by atoms with van der Waals surface area (Å²) in [6.45, 7) is 2.99. The largest absolute Gasteiger partial charge is 0.481 e. The molecule has 0 spiro atoms. The molecule has 16 nitrogen and oxygen atoms in total. The van der Waals surface area contributed by atoms with Gasteiger partial charge in [0.2, 0.25) is 0 Å². The monoisotopic (exact) mass is 942 g/mol. The lowest BCUT2D eigenvalue weighted by Gasteiger charge is -2.40. The number of amides is 2. The first-order chi connectivity index (χ1) is 31.8. The van der Waals surface area contributed by atoms with E-state index in [1.54, 1.807) is 60.6 Å². The number of ether oxygens (including phenoxy) is 1. The summed E-state index contributed by atoms with van der Waals surface area (Å²) >= 11 is 11.6. The Labute approximate surface area is 388 Å². The molecule has 6 heterocycles. The average Bonchev–Trinajstić information content (AvgIpc) is 4.04. The highest BCUT2D eigenvalue weighted by molar-refractivity contribution is 6.31. The van der Waals surface area contributed by atoms with Gasteiger partial charge < -0.3 is 30.3 Å². The van der Waals surface area contributed by atoms with Crippen LogP contribution in [0, 0.1) is 22.5 Å². The van der Waals surface area contributed by atoms with E-state index in [1.165, 1.54) is 35.2 Å². The number of esters is 1. The van der Waals surface area contributed by atoms with Gasteiger partial charge >= 0.3 is 11.9 Å². The minimum absolute atomic E-state index is 0.0737. The fourth-order valence-corrected chi connectivity index (χ4v) is 8.42. The van der Waals surface area contributed by atoms with Crippen molar-refractivity contribution in [2.45, 2.75) is 45.4 Å². The van der Waals surface area contributed by atoms with E-state index in [1.807, 2.05) is 18.2 Å². The molecule has 0 saturated carbocycles. The molecule has 0 radical (unpaired) electrons. The zero-order chi connectivity index (χ0) is 46.8. The third-order valence-electron chi connectivity index (χ3n) is 11.7. The van der Waals surface area contributed by atoms with Crippen LogP contribution in [0.1, 0.15) is 64.7 Å². The highest BCUT2D eigenvalue weighted by Gasteiger charge is 2.45. The molecule has 0 bridgehead atoms. The molecular weight excluding hydrogens is 897 g/mol. The number of piperidine rings is 2. The lowest BCUT2D eigenvalue weighted by Crippen LogP contribution is -2.48. The summed E-state index contributed by atoms with van der Waals surface area (Å²) in [6, 6.07) is 23.1. The van der Waals surface area contributed by atoms with E-state index in [2.05, 4.69) is 41.0 Å². The quantitative estimate of drug-likeness (QED) is 0.0693. The Bertz CT molecular complexity index is 2660. The second kappa shape index (κ2) is 20.9. The fraction of sp³-hybridized carbons (Fsp3) is 0.304. The maximum absolute atomic E-state index is 14.4. The lowest BCUT2D eigenvalue weighted by molar-refractivity contribution is -0.158. The van der Waals surface area contributed by atoms with Gasteiger partial charge in [0.1, 0.15) is 23.3 Å². The standard InChI is InChI=1S/C24H25ClFN5O3.C22H21ClFN5O3/c1-2-34-23(33)24(15-16-5-3-8-19(28-16)29-20-9-12-27-30-20)10-13-31(14-11-24)22(32)17-6-4-7-18(25)21(17)26;23-16-5-2-4-15(19(16)24)20(30)29-11-8-22(9-12-29,21(31)32)13-14-3-1-6-17(26-14)27-18-7-10-25-28-18/h3-9,12H,2,10-11,13-15H2,1H3,(H2,27,28,29,30);1-7,10H,8-9,11-13H2,(H,31,32)(H2,25,26,27,28). The van der Waals surface area contributed by atoms with Gasteiger partial charge in [0.05, 0.1) is 51.0 Å². The van der Waals surface area contributed by atoms with Crippen LogP contribution >= 0.6 is 23.2 Å². The maximum Gasteiger partial charge on any atom is 0.312 e. The van der Waals surface area contributed by atoms with Crippen LogP contribution in [0.2, 0.25) is 10.0 Å². The molecule has 0 atom stereocenters. The number of hydrogen-bond acceptors (Lipinski definition) is 11. The molecule has 0 unspecified atom stereocenters. The van der Waals surface area contributed by atoms with Gasteiger partial charge in [0, 0.05) is 62.5 Å². The van der Waals surface area contributed by atoms with Crippen molar-refractivity contribution in [3.63, 3.8) is 0 Å². The number of carbonyl (C=O) groups excluding carboxylic acids is 3. The molecule has 2 aliphatic rings. The molecule has 2 aliphatic heterocycles. The molecular formula is C46H46Cl2F2N10O6. The topological polar surface area (TPSA) is 211 Å². The number of nitrogens with zero attached hydrogens (tertiary/aromatic N) is 6. The number of likely N-dealkylation sites (tertiary alicyclic amines) is 2. The Morgan fingerprint density at radius 3 is 1.50 bits per heavy atom. The van der Waals surface area contributed by atoms with Crippen molar-refractivity contribution in [2.75, 3.05) is 43.4 Å². The number of hydrogen-bond donors (Lipinski definition) is 5. The summed E-state index contributed by atoms with van der Waals surface area (Å²) in [4.78, 5) is 63.1. The van der Waals surface area contributed by atoms with Crippen LogP contribution in [0.4, 0.5) is 32.1 Å². The van der Waals surface area contributed by atoms with Gasteiger partial charge in [-0.15, -0.1) is 0 Å². The van der Waals surface area contributed by atoms with Crippen molar-refractivity contribution in [3.05, 3.63) is 142 Å². The van der Waals surface area contributed by atoms with Crippen LogP contribution in [0.5, 0.6) is 0 Å². The van der Waals surface area contributed by atoms with Crippen molar-refractivity contribution >= 4 is 70.2 Å². The Balaban J connectivity index is 0.000000197. The van der Waals surface area contributed by atoms with E-state index >= 15 is 0 Å². The Morgan fingerprint density at radius 1 is 0.667 bits per heavy atom. The third kappa shape index (κ3) is 10.9. The average molecular weight is 944 g/mol. The molecule has 0 aliphatic carbocycles. The number of H-pyrrole nitrogens is 2. The smallest absolute Gasteiger partial charge is 0.312 e. The number of benzene rings is 2. The number of pyridine rings is 2. The molecule has 2 aromatic carbocycles. The number of nitrogens with one attached hydrogen (secondary N) is 4. The number of halogens is 4. The predicted molar refractivity (Wildman–Crippen MR) is 242 cm³/mol. The number of rotatable bonds is 13. The van der Waals surface area contributed by atoms with Gasteiger partial charge in [-0.25, -0.2) is 18.7 Å². The number of carboxylic acids is 1. The molecule has 20 heteroatoms. The molecule has 344 valence electrons. The normalized spacial score (nSPS) is 15.2. The van der Waals surface area contributed by atoms with E-state index in [4.69, 9.17) is 27.9 Å². The van der Waals surface area contributed by atoms with Crippen LogP contribution < -0.4 is 10.6 Å². The van der Waals surface area contributed by atoms with E-state index in [0.29, 0.717) is 48.2 Å². The van der Waals surface area contributed by atoms with Gasteiger partial charge in [-0.3, -0.25) is 29.4 Å². The summed E-state index contributed by atoms with van der Waals surface area (Å²) in [6.07, 6.45) is 5.03. The maximum atomic E-state index is 14.4. The van der Waals surface area contributed by atoms with Crippen LogP contribution in [0.3, 0.4) is 0 Å². The van der Waals surface area contributed by atoms with E-state index < -0.39 is 40.2 Å². The van der Waals surface area contributed by atoms with Gasteiger partial charge in [0.25, 0.3) is 11.8 Å². The Kier molecular flexibility index (Phi) is 14.9. The highest BCUT2D eigenvalue weighted by Crippen LogP contribution is 2.39. The Hall–Kier alpha value is -6.92. The van der Waals surface area contributed by atoms with Crippen molar-refractivity contribution in [2.24, 2.45) is 10.8 Å².